The molecule has 5 heteroatoms. The number of piperidine rings is 1. The molecule has 28 heavy (non-hydrogen) atoms. The summed E-state index contributed by atoms with van der Waals surface area (Å²) in [6, 6.07) is 6.94. The van der Waals surface area contributed by atoms with Crippen molar-refractivity contribution in [2.45, 2.75) is 45.6 Å². The molecule has 0 atom stereocenters. The van der Waals surface area contributed by atoms with Gasteiger partial charge in [-0.3, -0.25) is 9.69 Å². The van der Waals surface area contributed by atoms with Crippen LogP contribution in [0.1, 0.15) is 42.4 Å². The smallest absolute Gasteiger partial charge is 0.236 e. The van der Waals surface area contributed by atoms with Gasteiger partial charge in [0, 0.05) is 32.3 Å². The highest BCUT2D eigenvalue weighted by molar-refractivity contribution is 5.85. The standard InChI is InChI=1S/C23H34N2O2.ClH/c1-18-5-4-6-19(2)22(18)8-7-20-9-13-25(14-10-20)23(26)17-24(3)21-11-15-27-16-12-21;/h4-8,20-21H,9-17H2,1-3H3;1H/b8-7+;. The fourth-order valence-corrected chi connectivity index (χ4v) is 4.23. The molecule has 1 amide bonds. The molecule has 2 fully saturated rings. The summed E-state index contributed by atoms with van der Waals surface area (Å²) in [6.07, 6.45) is 8.84. The fourth-order valence-electron chi connectivity index (χ4n) is 4.23. The third-order valence-electron chi connectivity index (χ3n) is 6.17. The summed E-state index contributed by atoms with van der Waals surface area (Å²) in [5.74, 6) is 0.849. The van der Waals surface area contributed by atoms with E-state index in [1.807, 2.05) is 0 Å². The van der Waals surface area contributed by atoms with Gasteiger partial charge in [0.15, 0.2) is 0 Å². The van der Waals surface area contributed by atoms with Gasteiger partial charge in [-0.05, 0) is 69.2 Å². The normalized spacial score (nSPS) is 19.2. The predicted molar refractivity (Wildman–Crippen MR) is 118 cm³/mol. The van der Waals surface area contributed by atoms with Crippen LogP contribution in [0.4, 0.5) is 0 Å². The molecule has 1 aromatic rings. The van der Waals surface area contributed by atoms with Crippen LogP contribution >= 0.6 is 12.4 Å². The molecule has 1 aromatic carbocycles. The number of hydrogen-bond donors (Lipinski definition) is 0. The van der Waals surface area contributed by atoms with E-state index in [0.29, 0.717) is 18.5 Å². The van der Waals surface area contributed by atoms with Crippen LogP contribution in [0.15, 0.2) is 24.3 Å². The second kappa shape index (κ2) is 11.0. The molecule has 0 N–H and O–H groups in total. The van der Waals surface area contributed by atoms with Crippen molar-refractivity contribution in [3.05, 3.63) is 41.0 Å². The quantitative estimate of drug-likeness (QED) is 0.738. The number of carbonyl (C=O) groups is 1. The Morgan fingerprint density at radius 2 is 1.75 bits per heavy atom. The fraction of sp³-hybridized carbons (Fsp3) is 0.609. The van der Waals surface area contributed by atoms with Crippen molar-refractivity contribution < 1.29 is 9.53 Å². The van der Waals surface area contributed by atoms with E-state index < -0.39 is 0 Å². The zero-order chi connectivity index (χ0) is 19.2. The lowest BCUT2D eigenvalue weighted by Crippen LogP contribution is -2.46. The Bertz CT molecular complexity index is 642. The molecule has 156 valence electrons. The number of aryl methyl sites for hydroxylation is 2. The molecule has 0 saturated carbocycles. The van der Waals surface area contributed by atoms with Crippen LogP contribution in [-0.4, -0.2) is 61.6 Å². The van der Waals surface area contributed by atoms with Crippen molar-refractivity contribution in [3.8, 4) is 0 Å². The lowest BCUT2D eigenvalue weighted by molar-refractivity contribution is -0.134. The van der Waals surface area contributed by atoms with Crippen LogP contribution < -0.4 is 0 Å². The van der Waals surface area contributed by atoms with Crippen LogP contribution in [0.3, 0.4) is 0 Å². The van der Waals surface area contributed by atoms with Gasteiger partial charge in [-0.2, -0.15) is 0 Å². The number of likely N-dealkylation sites (tertiary alicyclic amines) is 1. The molecular formula is C23H35ClN2O2. The molecule has 2 aliphatic heterocycles. The van der Waals surface area contributed by atoms with Crippen LogP contribution in [0, 0.1) is 19.8 Å². The molecule has 4 nitrogen and oxygen atoms in total. The number of halogens is 1. The Morgan fingerprint density at radius 1 is 1.14 bits per heavy atom. The Balaban J connectivity index is 0.00000280. The predicted octanol–water partition coefficient (Wildman–Crippen LogP) is 4.09. The van der Waals surface area contributed by atoms with Crippen molar-refractivity contribution in [3.63, 3.8) is 0 Å². The molecule has 2 heterocycles. The average Bonchev–Trinajstić information content (AvgIpc) is 2.68. The van der Waals surface area contributed by atoms with Gasteiger partial charge in [0.1, 0.15) is 0 Å². The van der Waals surface area contributed by atoms with E-state index in [0.717, 1.165) is 52.0 Å². The van der Waals surface area contributed by atoms with Crippen LogP contribution in [0.2, 0.25) is 0 Å². The molecule has 0 aliphatic carbocycles. The molecule has 3 rings (SSSR count). The first-order valence-electron chi connectivity index (χ1n) is 10.3. The molecule has 0 spiro atoms. The summed E-state index contributed by atoms with van der Waals surface area (Å²) in [7, 11) is 2.08. The summed E-state index contributed by atoms with van der Waals surface area (Å²) in [5.41, 5.74) is 4.00. The summed E-state index contributed by atoms with van der Waals surface area (Å²) < 4.78 is 5.42. The van der Waals surface area contributed by atoms with Crippen LogP contribution in [0.5, 0.6) is 0 Å². The largest absolute Gasteiger partial charge is 0.381 e. The maximum Gasteiger partial charge on any atom is 0.236 e. The van der Waals surface area contributed by atoms with Crippen LogP contribution in [-0.2, 0) is 9.53 Å². The topological polar surface area (TPSA) is 32.8 Å². The molecule has 2 saturated heterocycles. The van der Waals surface area contributed by atoms with E-state index in [1.165, 1.54) is 16.7 Å². The maximum absolute atomic E-state index is 12.7. The maximum atomic E-state index is 12.7. The number of benzene rings is 1. The number of amides is 1. The van der Waals surface area contributed by atoms with Gasteiger partial charge in [0.2, 0.25) is 5.91 Å². The number of likely N-dealkylation sites (N-methyl/N-ethyl adjacent to an activating group) is 1. The van der Waals surface area contributed by atoms with E-state index in [-0.39, 0.29) is 18.3 Å². The molecule has 0 aromatic heterocycles. The number of nitrogens with zero attached hydrogens (tertiary/aromatic N) is 2. The molecule has 2 aliphatic rings. The van der Waals surface area contributed by atoms with Gasteiger partial charge >= 0.3 is 0 Å². The van der Waals surface area contributed by atoms with Crippen LogP contribution in [0.25, 0.3) is 6.08 Å². The highest BCUT2D eigenvalue weighted by atomic mass is 35.5. The van der Waals surface area contributed by atoms with Gasteiger partial charge in [0.25, 0.3) is 0 Å². The number of allylic oxidation sites excluding steroid dienone is 1. The minimum Gasteiger partial charge on any atom is -0.381 e. The van der Waals surface area contributed by atoms with Crippen molar-refractivity contribution >= 4 is 24.4 Å². The Labute approximate surface area is 176 Å². The number of carbonyl (C=O) groups excluding carboxylic acids is 1. The van der Waals surface area contributed by atoms with Gasteiger partial charge in [0.05, 0.1) is 6.54 Å². The van der Waals surface area contributed by atoms with Crippen molar-refractivity contribution in [2.75, 3.05) is 39.9 Å². The second-order valence-corrected chi connectivity index (χ2v) is 8.14. The third kappa shape index (κ3) is 6.07. The van der Waals surface area contributed by atoms with E-state index in [2.05, 4.69) is 61.0 Å². The highest BCUT2D eigenvalue weighted by Gasteiger charge is 2.25. The number of hydrogen-bond acceptors (Lipinski definition) is 3. The molecule has 0 unspecified atom stereocenters. The van der Waals surface area contributed by atoms with Crippen molar-refractivity contribution in [1.29, 1.82) is 0 Å². The minimum atomic E-state index is 0. The van der Waals surface area contributed by atoms with E-state index in [9.17, 15) is 4.79 Å². The summed E-state index contributed by atoms with van der Waals surface area (Å²) >= 11 is 0. The third-order valence-corrected chi connectivity index (χ3v) is 6.17. The van der Waals surface area contributed by atoms with Gasteiger partial charge < -0.3 is 9.64 Å². The molecule has 0 radical (unpaired) electrons. The van der Waals surface area contributed by atoms with Gasteiger partial charge in [-0.15, -0.1) is 12.4 Å². The Kier molecular flexibility index (Phi) is 9.00. The summed E-state index contributed by atoms with van der Waals surface area (Å²) in [5, 5.41) is 0. The Hall–Kier alpha value is -1.36. The second-order valence-electron chi connectivity index (χ2n) is 8.14. The van der Waals surface area contributed by atoms with Gasteiger partial charge in [-0.1, -0.05) is 30.4 Å². The summed E-state index contributed by atoms with van der Waals surface area (Å²) in [6.45, 7) is 8.27. The van der Waals surface area contributed by atoms with Crippen molar-refractivity contribution in [1.82, 2.24) is 9.80 Å². The Morgan fingerprint density at radius 3 is 2.36 bits per heavy atom. The first-order chi connectivity index (χ1) is 13.0. The SMILES string of the molecule is Cc1cccc(C)c1/C=C/C1CCN(C(=O)CN(C)C2CCOCC2)CC1.Cl. The molecular weight excluding hydrogens is 372 g/mol. The lowest BCUT2D eigenvalue weighted by Gasteiger charge is -2.35. The average molecular weight is 407 g/mol. The highest BCUT2D eigenvalue weighted by Crippen LogP contribution is 2.22. The number of ether oxygens (including phenoxy) is 1. The van der Waals surface area contributed by atoms with E-state index >= 15 is 0 Å². The van der Waals surface area contributed by atoms with Crippen molar-refractivity contribution in [2.24, 2.45) is 5.92 Å². The zero-order valence-corrected chi connectivity index (χ0v) is 18.3. The first-order valence-corrected chi connectivity index (χ1v) is 10.3. The minimum absolute atomic E-state index is 0. The first kappa shape index (κ1) is 22.9. The van der Waals surface area contributed by atoms with Gasteiger partial charge in [-0.25, -0.2) is 0 Å². The molecule has 0 bridgehead atoms. The summed E-state index contributed by atoms with van der Waals surface area (Å²) in [4.78, 5) is 16.9. The van der Waals surface area contributed by atoms with E-state index in [4.69, 9.17) is 4.74 Å². The van der Waals surface area contributed by atoms with E-state index in [1.54, 1.807) is 0 Å². The monoisotopic (exact) mass is 406 g/mol. The lowest BCUT2D eigenvalue weighted by atomic mass is 9.94. The number of rotatable bonds is 5. The zero-order valence-electron chi connectivity index (χ0n) is 17.5.